The van der Waals surface area contributed by atoms with E-state index in [2.05, 4.69) is 15.6 Å². The lowest BCUT2D eigenvalue weighted by Gasteiger charge is -2.06. The van der Waals surface area contributed by atoms with Gasteiger partial charge in [0.2, 0.25) is 0 Å². The fourth-order valence-corrected chi connectivity index (χ4v) is 3.19. The second-order valence-corrected chi connectivity index (χ2v) is 7.01. The molecule has 0 unspecified atom stereocenters. The Kier molecular flexibility index (Phi) is 5.41. The summed E-state index contributed by atoms with van der Waals surface area (Å²) in [5.74, 6) is -0.352. The Balaban J connectivity index is 1.59. The lowest BCUT2D eigenvalue weighted by atomic mass is 10.1. The number of rotatable bonds is 6. The van der Waals surface area contributed by atoms with Gasteiger partial charge in [-0.3, -0.25) is 19.6 Å². The number of hydrazone groups is 1. The number of thiophene rings is 1. The predicted molar refractivity (Wildman–Crippen MR) is 103 cm³/mol. The quantitative estimate of drug-likeness (QED) is 0.401. The molecule has 1 amide bonds. The Labute approximate surface area is 159 Å². The standard InChI is InChI=1S/C18H17N5O3S/c1-12-9-13(2)22(21-12)11-14-3-5-15(6-4-14)18(24)20-19-10-16-7-8-17(27-16)23(25)26/h3-10H,11H2,1-2H3,(H,20,24). The van der Waals surface area contributed by atoms with E-state index in [0.717, 1.165) is 28.3 Å². The van der Waals surface area contributed by atoms with Gasteiger partial charge in [0.1, 0.15) is 0 Å². The molecule has 0 aliphatic carbocycles. The van der Waals surface area contributed by atoms with Gasteiger partial charge in [-0.05, 0) is 43.7 Å². The van der Waals surface area contributed by atoms with E-state index < -0.39 is 4.92 Å². The third kappa shape index (κ3) is 4.64. The third-order valence-electron chi connectivity index (χ3n) is 3.80. The second-order valence-electron chi connectivity index (χ2n) is 5.91. The second kappa shape index (κ2) is 7.92. The Hall–Kier alpha value is -3.33. The van der Waals surface area contributed by atoms with Crippen LogP contribution in [0.25, 0.3) is 0 Å². The molecule has 0 aliphatic heterocycles. The van der Waals surface area contributed by atoms with Crippen molar-refractivity contribution in [2.24, 2.45) is 5.10 Å². The lowest BCUT2D eigenvalue weighted by Crippen LogP contribution is -2.17. The normalized spacial score (nSPS) is 11.0. The maximum Gasteiger partial charge on any atom is 0.324 e. The number of nitro groups is 1. The first-order valence-electron chi connectivity index (χ1n) is 8.10. The summed E-state index contributed by atoms with van der Waals surface area (Å²) in [4.78, 5) is 22.9. The molecular formula is C18H17N5O3S. The first-order valence-corrected chi connectivity index (χ1v) is 8.91. The Morgan fingerprint density at radius 1 is 1.30 bits per heavy atom. The van der Waals surface area contributed by atoms with E-state index >= 15 is 0 Å². The largest absolute Gasteiger partial charge is 0.324 e. The maximum absolute atomic E-state index is 12.1. The fourth-order valence-electron chi connectivity index (χ4n) is 2.50. The molecule has 2 aromatic heterocycles. The smallest absolute Gasteiger partial charge is 0.267 e. The van der Waals surface area contributed by atoms with Gasteiger partial charge in [-0.25, -0.2) is 5.43 Å². The molecule has 0 spiro atoms. The van der Waals surface area contributed by atoms with Crippen LogP contribution in [0.3, 0.4) is 0 Å². The number of aryl methyl sites for hydroxylation is 2. The molecule has 0 bridgehead atoms. The van der Waals surface area contributed by atoms with E-state index in [-0.39, 0.29) is 10.9 Å². The van der Waals surface area contributed by atoms with Crippen molar-refractivity contribution in [3.63, 3.8) is 0 Å². The summed E-state index contributed by atoms with van der Waals surface area (Å²) in [5, 5.41) is 18.9. The van der Waals surface area contributed by atoms with Gasteiger partial charge >= 0.3 is 5.00 Å². The predicted octanol–water partition coefficient (Wildman–Crippen LogP) is 3.28. The highest BCUT2D eigenvalue weighted by atomic mass is 32.1. The van der Waals surface area contributed by atoms with Crippen molar-refractivity contribution in [1.82, 2.24) is 15.2 Å². The molecule has 3 aromatic rings. The molecule has 1 aromatic carbocycles. The molecule has 0 saturated carbocycles. The van der Waals surface area contributed by atoms with Crippen molar-refractivity contribution in [1.29, 1.82) is 0 Å². The van der Waals surface area contributed by atoms with Crippen LogP contribution >= 0.6 is 11.3 Å². The molecule has 138 valence electrons. The highest BCUT2D eigenvalue weighted by Gasteiger charge is 2.09. The summed E-state index contributed by atoms with van der Waals surface area (Å²) in [6.45, 7) is 4.59. The van der Waals surface area contributed by atoms with Gasteiger partial charge in [-0.15, -0.1) is 0 Å². The van der Waals surface area contributed by atoms with Crippen LogP contribution in [-0.4, -0.2) is 26.8 Å². The van der Waals surface area contributed by atoms with Crippen molar-refractivity contribution in [3.8, 4) is 0 Å². The van der Waals surface area contributed by atoms with E-state index in [4.69, 9.17) is 0 Å². The molecule has 9 heteroatoms. The van der Waals surface area contributed by atoms with Crippen LogP contribution in [0.2, 0.25) is 0 Å². The minimum absolute atomic E-state index is 0.0287. The van der Waals surface area contributed by atoms with Crippen LogP contribution < -0.4 is 5.43 Å². The molecule has 0 aliphatic rings. The van der Waals surface area contributed by atoms with Crippen molar-refractivity contribution in [3.05, 3.63) is 80.0 Å². The number of aromatic nitrogens is 2. The average molecular weight is 383 g/mol. The number of nitrogens with zero attached hydrogens (tertiary/aromatic N) is 4. The molecule has 0 radical (unpaired) electrons. The first kappa shape index (κ1) is 18.5. The van der Waals surface area contributed by atoms with E-state index in [1.54, 1.807) is 18.2 Å². The highest BCUT2D eigenvalue weighted by molar-refractivity contribution is 7.16. The Morgan fingerprint density at radius 2 is 2.04 bits per heavy atom. The molecule has 3 rings (SSSR count). The van der Waals surface area contributed by atoms with Gasteiger partial charge in [-0.1, -0.05) is 23.5 Å². The van der Waals surface area contributed by atoms with Crippen LogP contribution in [0.4, 0.5) is 5.00 Å². The molecule has 27 heavy (non-hydrogen) atoms. The average Bonchev–Trinajstić information content (AvgIpc) is 3.22. The molecule has 1 N–H and O–H groups in total. The van der Waals surface area contributed by atoms with E-state index in [1.165, 1.54) is 12.3 Å². The zero-order valence-corrected chi connectivity index (χ0v) is 15.6. The van der Waals surface area contributed by atoms with E-state index in [1.807, 2.05) is 36.7 Å². The van der Waals surface area contributed by atoms with Gasteiger partial charge in [0.15, 0.2) is 0 Å². The fraction of sp³-hybridized carbons (Fsp3) is 0.167. The Morgan fingerprint density at radius 3 is 2.63 bits per heavy atom. The number of amides is 1. The summed E-state index contributed by atoms with van der Waals surface area (Å²) in [6.07, 6.45) is 1.38. The number of hydrogen-bond acceptors (Lipinski definition) is 6. The monoisotopic (exact) mass is 383 g/mol. The van der Waals surface area contributed by atoms with E-state index in [9.17, 15) is 14.9 Å². The van der Waals surface area contributed by atoms with Crippen LogP contribution in [-0.2, 0) is 6.54 Å². The number of benzene rings is 1. The van der Waals surface area contributed by atoms with Crippen LogP contribution in [0.15, 0.2) is 47.6 Å². The molecule has 0 saturated heterocycles. The van der Waals surface area contributed by atoms with Crippen molar-refractivity contribution in [2.45, 2.75) is 20.4 Å². The van der Waals surface area contributed by atoms with E-state index in [0.29, 0.717) is 17.0 Å². The molecule has 2 heterocycles. The molecule has 8 nitrogen and oxygen atoms in total. The SMILES string of the molecule is Cc1cc(C)n(Cc2ccc(C(=O)NN=Cc3ccc([N+](=O)[O-])s3)cc2)n1. The first-order chi connectivity index (χ1) is 12.9. The number of hydrogen-bond donors (Lipinski definition) is 1. The van der Waals surface area contributed by atoms with Crippen LogP contribution in [0.5, 0.6) is 0 Å². The summed E-state index contributed by atoms with van der Waals surface area (Å²) in [5.41, 5.74) is 5.98. The summed E-state index contributed by atoms with van der Waals surface area (Å²) < 4.78 is 1.91. The molecule has 0 fully saturated rings. The summed E-state index contributed by atoms with van der Waals surface area (Å²) in [6, 6.07) is 12.2. The number of nitrogens with one attached hydrogen (secondary N) is 1. The van der Waals surface area contributed by atoms with Gasteiger partial charge in [0.05, 0.1) is 28.3 Å². The van der Waals surface area contributed by atoms with Crippen molar-refractivity contribution >= 4 is 28.5 Å². The number of carbonyl (C=O) groups is 1. The number of carbonyl (C=O) groups excluding carboxylic acids is 1. The van der Waals surface area contributed by atoms with Gasteiger partial charge in [-0.2, -0.15) is 10.2 Å². The zero-order chi connectivity index (χ0) is 19.4. The molecule has 0 atom stereocenters. The summed E-state index contributed by atoms with van der Waals surface area (Å²) >= 11 is 0.986. The van der Waals surface area contributed by atoms with Gasteiger partial charge in [0.25, 0.3) is 5.91 Å². The van der Waals surface area contributed by atoms with Crippen molar-refractivity contribution < 1.29 is 9.72 Å². The summed E-state index contributed by atoms with van der Waals surface area (Å²) in [7, 11) is 0. The van der Waals surface area contributed by atoms with Crippen LogP contribution in [0.1, 0.15) is 32.2 Å². The van der Waals surface area contributed by atoms with Crippen molar-refractivity contribution in [2.75, 3.05) is 0 Å². The minimum Gasteiger partial charge on any atom is -0.267 e. The topological polar surface area (TPSA) is 102 Å². The minimum atomic E-state index is -0.464. The van der Waals surface area contributed by atoms with Gasteiger partial charge in [0, 0.05) is 17.3 Å². The highest BCUT2D eigenvalue weighted by Crippen LogP contribution is 2.22. The zero-order valence-electron chi connectivity index (χ0n) is 14.7. The Bertz CT molecular complexity index is 1000. The lowest BCUT2D eigenvalue weighted by molar-refractivity contribution is -0.380. The van der Waals surface area contributed by atoms with Gasteiger partial charge < -0.3 is 0 Å². The third-order valence-corrected chi connectivity index (χ3v) is 4.77. The van der Waals surface area contributed by atoms with Crippen LogP contribution in [0, 0.1) is 24.0 Å². The molecular weight excluding hydrogens is 366 g/mol. The maximum atomic E-state index is 12.1.